The van der Waals surface area contributed by atoms with Crippen LogP contribution in [-0.2, 0) is 0 Å². The third kappa shape index (κ3) is 3.14. The Balaban J connectivity index is 1.71. The molecule has 1 saturated heterocycles. The molecule has 0 amide bonds. The summed E-state index contributed by atoms with van der Waals surface area (Å²) < 4.78 is 18.5. The van der Waals surface area contributed by atoms with E-state index in [0.29, 0.717) is 16.5 Å². The van der Waals surface area contributed by atoms with E-state index < -0.39 is 0 Å². The second-order valence-corrected chi connectivity index (χ2v) is 6.80. The van der Waals surface area contributed by atoms with Crippen LogP contribution in [0.25, 0.3) is 11.0 Å². The first-order valence-electron chi connectivity index (χ1n) is 7.62. The highest BCUT2D eigenvalue weighted by Crippen LogP contribution is 2.34. The number of nitrogens with zero attached hydrogens (tertiary/aromatic N) is 2. The zero-order valence-electron chi connectivity index (χ0n) is 12.2. The molecule has 1 aliphatic heterocycles. The Morgan fingerprint density at radius 2 is 2.19 bits per heavy atom. The van der Waals surface area contributed by atoms with E-state index in [2.05, 4.69) is 32.9 Å². The van der Waals surface area contributed by atoms with Gasteiger partial charge in [0.15, 0.2) is 5.58 Å². The Bertz CT molecular complexity index is 607. The van der Waals surface area contributed by atoms with E-state index >= 15 is 0 Å². The molecule has 0 radical (unpaired) electrons. The topological polar surface area (TPSA) is 29.3 Å². The number of likely N-dealkylation sites (tertiary alicyclic amines) is 1. The van der Waals surface area contributed by atoms with Crippen molar-refractivity contribution in [3.8, 4) is 0 Å². The monoisotopic (exact) mass is 354 g/mol. The van der Waals surface area contributed by atoms with Crippen LogP contribution in [0.1, 0.15) is 44.2 Å². The lowest BCUT2D eigenvalue weighted by molar-refractivity contribution is 0.192. The number of hydrogen-bond acceptors (Lipinski definition) is 3. The van der Waals surface area contributed by atoms with Gasteiger partial charge in [-0.15, -0.1) is 0 Å². The average molecular weight is 355 g/mol. The van der Waals surface area contributed by atoms with Gasteiger partial charge in [0.1, 0.15) is 5.82 Å². The van der Waals surface area contributed by atoms with E-state index in [4.69, 9.17) is 4.52 Å². The molecule has 3 rings (SSSR count). The van der Waals surface area contributed by atoms with Gasteiger partial charge in [-0.2, -0.15) is 0 Å². The lowest BCUT2D eigenvalue weighted by Crippen LogP contribution is -2.38. The zero-order valence-corrected chi connectivity index (χ0v) is 13.8. The molecule has 0 spiro atoms. The summed E-state index contributed by atoms with van der Waals surface area (Å²) in [5, 5.41) is 5.15. The van der Waals surface area contributed by atoms with E-state index in [9.17, 15) is 4.39 Å². The van der Waals surface area contributed by atoms with Crippen LogP contribution in [0.2, 0.25) is 0 Å². The van der Waals surface area contributed by atoms with Crippen molar-refractivity contribution >= 4 is 26.9 Å². The minimum Gasteiger partial charge on any atom is -0.356 e. The van der Waals surface area contributed by atoms with Gasteiger partial charge in [0.2, 0.25) is 0 Å². The average Bonchev–Trinajstić information content (AvgIpc) is 2.90. The van der Waals surface area contributed by atoms with Gasteiger partial charge in [-0.1, -0.05) is 34.4 Å². The van der Waals surface area contributed by atoms with Crippen LogP contribution in [0, 0.1) is 5.82 Å². The highest BCUT2D eigenvalue weighted by Gasteiger charge is 2.27. The van der Waals surface area contributed by atoms with Crippen LogP contribution in [0.5, 0.6) is 0 Å². The molecule has 2 aromatic rings. The molecule has 5 heteroatoms. The lowest BCUT2D eigenvalue weighted by atomic mass is 9.91. The molecule has 1 aromatic carbocycles. The Labute approximate surface area is 132 Å². The summed E-state index contributed by atoms with van der Waals surface area (Å²) in [5.41, 5.74) is 1.54. The van der Waals surface area contributed by atoms with Crippen LogP contribution >= 0.6 is 15.9 Å². The zero-order chi connectivity index (χ0) is 14.8. The quantitative estimate of drug-likeness (QED) is 0.590. The molecule has 0 bridgehead atoms. The second kappa shape index (κ2) is 6.44. The predicted octanol–water partition coefficient (Wildman–Crippen LogP) is 4.67. The van der Waals surface area contributed by atoms with Gasteiger partial charge in [-0.25, -0.2) is 4.39 Å². The van der Waals surface area contributed by atoms with Gasteiger partial charge in [0, 0.05) is 17.4 Å². The number of alkyl halides is 1. The van der Waals surface area contributed by atoms with Crippen LogP contribution < -0.4 is 0 Å². The molecule has 114 valence electrons. The first kappa shape index (κ1) is 15.0. The van der Waals surface area contributed by atoms with E-state index in [0.717, 1.165) is 37.0 Å². The summed E-state index contributed by atoms with van der Waals surface area (Å²) in [5.74, 6) is 0.135. The van der Waals surface area contributed by atoms with Gasteiger partial charge in [-0.3, -0.25) is 4.90 Å². The van der Waals surface area contributed by atoms with Gasteiger partial charge in [0.25, 0.3) is 0 Å². The first-order chi connectivity index (χ1) is 10.2. The van der Waals surface area contributed by atoms with E-state index in [-0.39, 0.29) is 5.82 Å². The lowest BCUT2D eigenvalue weighted by Gasteiger charge is -2.34. The van der Waals surface area contributed by atoms with E-state index in [1.807, 2.05) is 0 Å². The Morgan fingerprint density at radius 3 is 2.90 bits per heavy atom. The van der Waals surface area contributed by atoms with Gasteiger partial charge >= 0.3 is 0 Å². The third-order valence-electron chi connectivity index (χ3n) is 4.30. The maximum Gasteiger partial charge on any atom is 0.170 e. The van der Waals surface area contributed by atoms with Crippen molar-refractivity contribution in [3.05, 3.63) is 29.7 Å². The Morgan fingerprint density at radius 1 is 1.43 bits per heavy atom. The van der Waals surface area contributed by atoms with Crippen molar-refractivity contribution in [2.45, 2.75) is 43.5 Å². The number of halogens is 2. The summed E-state index contributed by atoms with van der Waals surface area (Å²) in [4.78, 5) is 2.97. The van der Waals surface area contributed by atoms with Crippen molar-refractivity contribution < 1.29 is 8.91 Å². The standard InChI is InChI=1S/C16H20BrFN2O/c1-2-3-15(17)20-8-6-11(7-9-20)16-13-5-4-12(18)10-14(13)21-19-16/h4-5,10-11,15H,2-3,6-9H2,1H3. The first-order valence-corrected chi connectivity index (χ1v) is 8.53. The van der Waals surface area contributed by atoms with Crippen LogP contribution in [0.15, 0.2) is 22.7 Å². The number of benzene rings is 1. The normalized spacial score (nSPS) is 19.2. The SMILES string of the molecule is CCCC(Br)N1CCC(c2noc3cc(F)ccc23)CC1. The largest absolute Gasteiger partial charge is 0.356 e. The highest BCUT2D eigenvalue weighted by molar-refractivity contribution is 9.09. The summed E-state index contributed by atoms with van der Waals surface area (Å²) in [6.45, 7) is 4.34. The molecule has 1 fully saturated rings. The molecule has 1 aliphatic rings. The van der Waals surface area contributed by atoms with Crippen LogP contribution in [0.3, 0.4) is 0 Å². The highest BCUT2D eigenvalue weighted by atomic mass is 79.9. The molecule has 21 heavy (non-hydrogen) atoms. The fraction of sp³-hybridized carbons (Fsp3) is 0.562. The summed E-state index contributed by atoms with van der Waals surface area (Å²) in [6, 6.07) is 4.68. The fourth-order valence-electron chi connectivity index (χ4n) is 3.10. The number of hydrogen-bond donors (Lipinski definition) is 0. The van der Waals surface area contributed by atoms with Crippen molar-refractivity contribution in [1.82, 2.24) is 10.1 Å². The van der Waals surface area contributed by atoms with Crippen molar-refractivity contribution in [2.75, 3.05) is 13.1 Å². The maximum atomic E-state index is 13.2. The summed E-state index contributed by atoms with van der Waals surface area (Å²) in [6.07, 6.45) is 4.52. The van der Waals surface area contributed by atoms with Crippen LogP contribution in [-0.4, -0.2) is 28.1 Å². The Kier molecular flexibility index (Phi) is 4.60. The molecule has 0 N–H and O–H groups in total. The molecule has 1 unspecified atom stereocenters. The van der Waals surface area contributed by atoms with Crippen molar-refractivity contribution in [1.29, 1.82) is 0 Å². The van der Waals surface area contributed by atoms with Crippen LogP contribution in [0.4, 0.5) is 4.39 Å². The molecule has 3 nitrogen and oxygen atoms in total. The molecule has 1 atom stereocenters. The number of aromatic nitrogens is 1. The molecule has 2 heterocycles. The van der Waals surface area contributed by atoms with Gasteiger partial charge < -0.3 is 4.52 Å². The number of piperidine rings is 1. The minimum absolute atomic E-state index is 0.276. The fourth-order valence-corrected chi connectivity index (χ4v) is 3.97. The maximum absolute atomic E-state index is 13.2. The van der Waals surface area contributed by atoms with E-state index in [1.54, 1.807) is 6.07 Å². The summed E-state index contributed by atoms with van der Waals surface area (Å²) in [7, 11) is 0. The molecule has 1 aromatic heterocycles. The van der Waals surface area contributed by atoms with E-state index in [1.165, 1.54) is 25.0 Å². The molecular formula is C16H20BrFN2O. The molecule has 0 saturated carbocycles. The number of rotatable bonds is 4. The Hall–Kier alpha value is -0.940. The smallest absolute Gasteiger partial charge is 0.170 e. The van der Waals surface area contributed by atoms with Crippen molar-refractivity contribution in [2.24, 2.45) is 0 Å². The number of fused-ring (bicyclic) bond motifs is 1. The second-order valence-electron chi connectivity index (χ2n) is 5.74. The summed E-state index contributed by atoms with van der Waals surface area (Å²) >= 11 is 3.77. The molecule has 0 aliphatic carbocycles. The van der Waals surface area contributed by atoms with Crippen molar-refractivity contribution in [3.63, 3.8) is 0 Å². The third-order valence-corrected chi connectivity index (χ3v) is 5.34. The molecular weight excluding hydrogens is 335 g/mol. The predicted molar refractivity (Wildman–Crippen MR) is 85.1 cm³/mol. The van der Waals surface area contributed by atoms with Gasteiger partial charge in [0.05, 0.1) is 10.6 Å². The minimum atomic E-state index is -0.276. The van der Waals surface area contributed by atoms with Gasteiger partial charge in [-0.05, 0) is 44.5 Å².